The SMILES string of the molecule is SCC(COc1cc(Cl)cc(Cl)c1)c1ccccc1. The summed E-state index contributed by atoms with van der Waals surface area (Å²) >= 11 is 16.3. The van der Waals surface area contributed by atoms with Crippen molar-refractivity contribution >= 4 is 35.8 Å². The molecule has 0 saturated carbocycles. The fourth-order valence-electron chi connectivity index (χ4n) is 1.79. The van der Waals surface area contributed by atoms with Gasteiger partial charge in [0.2, 0.25) is 0 Å². The van der Waals surface area contributed by atoms with E-state index in [1.807, 2.05) is 18.2 Å². The standard InChI is InChI=1S/C15H14Cl2OS/c16-13-6-14(17)8-15(7-13)18-9-12(10-19)11-4-2-1-3-5-11/h1-8,12,19H,9-10H2. The Balaban J connectivity index is 2.04. The molecule has 0 aliphatic carbocycles. The zero-order chi connectivity index (χ0) is 13.7. The maximum atomic E-state index is 5.94. The summed E-state index contributed by atoms with van der Waals surface area (Å²) in [4.78, 5) is 0. The van der Waals surface area contributed by atoms with E-state index in [0.717, 1.165) is 5.75 Å². The van der Waals surface area contributed by atoms with Crippen LogP contribution in [0.3, 0.4) is 0 Å². The average molecular weight is 313 g/mol. The Bertz CT molecular complexity index is 511. The Morgan fingerprint density at radius 2 is 1.63 bits per heavy atom. The summed E-state index contributed by atoms with van der Waals surface area (Å²) < 4.78 is 5.76. The molecule has 0 aromatic heterocycles. The molecular weight excluding hydrogens is 299 g/mol. The van der Waals surface area contributed by atoms with Gasteiger partial charge in [0.05, 0.1) is 6.61 Å². The van der Waals surface area contributed by atoms with Crippen LogP contribution >= 0.6 is 35.8 Å². The van der Waals surface area contributed by atoms with Gasteiger partial charge in [-0.15, -0.1) is 0 Å². The molecule has 0 amide bonds. The maximum absolute atomic E-state index is 5.94. The molecule has 0 bridgehead atoms. The zero-order valence-electron chi connectivity index (χ0n) is 10.2. The van der Waals surface area contributed by atoms with Crippen LogP contribution in [-0.2, 0) is 0 Å². The lowest BCUT2D eigenvalue weighted by Gasteiger charge is -2.16. The van der Waals surface area contributed by atoms with Crippen LogP contribution in [-0.4, -0.2) is 12.4 Å². The molecule has 0 heterocycles. The summed E-state index contributed by atoms with van der Waals surface area (Å²) in [6.07, 6.45) is 0. The lowest BCUT2D eigenvalue weighted by Crippen LogP contribution is -2.11. The molecule has 0 spiro atoms. The highest BCUT2D eigenvalue weighted by atomic mass is 35.5. The molecule has 4 heteroatoms. The van der Waals surface area contributed by atoms with Crippen molar-refractivity contribution < 1.29 is 4.74 Å². The first-order valence-electron chi connectivity index (χ1n) is 5.93. The summed E-state index contributed by atoms with van der Waals surface area (Å²) in [6, 6.07) is 15.4. The van der Waals surface area contributed by atoms with Gasteiger partial charge in [0, 0.05) is 21.7 Å². The Morgan fingerprint density at radius 1 is 1.00 bits per heavy atom. The molecule has 0 aliphatic rings. The number of hydrogen-bond donors (Lipinski definition) is 1. The summed E-state index contributed by atoms with van der Waals surface area (Å²) in [6.45, 7) is 0.546. The highest BCUT2D eigenvalue weighted by Gasteiger charge is 2.10. The van der Waals surface area contributed by atoms with Crippen molar-refractivity contribution in [2.45, 2.75) is 5.92 Å². The van der Waals surface area contributed by atoms with E-state index >= 15 is 0 Å². The summed E-state index contributed by atoms with van der Waals surface area (Å²) in [5, 5.41) is 1.15. The van der Waals surface area contributed by atoms with Crippen LogP contribution in [0.25, 0.3) is 0 Å². The third kappa shape index (κ3) is 4.34. The number of benzene rings is 2. The predicted octanol–water partition coefficient (Wildman–Crippen LogP) is 5.09. The first-order valence-corrected chi connectivity index (χ1v) is 7.32. The minimum Gasteiger partial charge on any atom is -0.493 e. The molecule has 0 fully saturated rings. The van der Waals surface area contributed by atoms with E-state index in [1.54, 1.807) is 18.2 Å². The van der Waals surface area contributed by atoms with E-state index in [0.29, 0.717) is 22.4 Å². The molecule has 100 valence electrons. The Hall–Kier alpha value is -0.830. The molecule has 19 heavy (non-hydrogen) atoms. The van der Waals surface area contributed by atoms with Gasteiger partial charge in [0.1, 0.15) is 5.75 Å². The van der Waals surface area contributed by atoms with E-state index in [2.05, 4.69) is 24.8 Å². The van der Waals surface area contributed by atoms with Crippen molar-refractivity contribution in [1.82, 2.24) is 0 Å². The molecule has 0 radical (unpaired) electrons. The fourth-order valence-corrected chi connectivity index (χ4v) is 2.61. The van der Waals surface area contributed by atoms with Crippen LogP contribution in [0.1, 0.15) is 11.5 Å². The summed E-state index contributed by atoms with van der Waals surface area (Å²) in [5.41, 5.74) is 1.21. The van der Waals surface area contributed by atoms with Gasteiger partial charge in [-0.05, 0) is 23.8 Å². The molecule has 0 N–H and O–H groups in total. The van der Waals surface area contributed by atoms with Gasteiger partial charge in [0.15, 0.2) is 0 Å². The second kappa shape index (κ2) is 7.09. The minimum absolute atomic E-state index is 0.238. The van der Waals surface area contributed by atoms with Gasteiger partial charge < -0.3 is 4.74 Å². The molecular formula is C15H14Cl2OS. The van der Waals surface area contributed by atoms with E-state index < -0.39 is 0 Å². The van der Waals surface area contributed by atoms with Crippen molar-refractivity contribution in [3.05, 3.63) is 64.1 Å². The van der Waals surface area contributed by atoms with E-state index in [1.165, 1.54) is 5.56 Å². The maximum Gasteiger partial charge on any atom is 0.122 e. The molecule has 0 saturated heterocycles. The molecule has 0 aliphatic heterocycles. The van der Waals surface area contributed by atoms with Gasteiger partial charge in [-0.3, -0.25) is 0 Å². The van der Waals surface area contributed by atoms with Crippen molar-refractivity contribution in [2.24, 2.45) is 0 Å². The van der Waals surface area contributed by atoms with Crippen molar-refractivity contribution in [3.8, 4) is 5.75 Å². The fraction of sp³-hybridized carbons (Fsp3) is 0.200. The Labute approximate surface area is 128 Å². The van der Waals surface area contributed by atoms with Gasteiger partial charge >= 0.3 is 0 Å². The quantitative estimate of drug-likeness (QED) is 0.757. The van der Waals surface area contributed by atoms with Crippen LogP contribution in [0.4, 0.5) is 0 Å². The smallest absolute Gasteiger partial charge is 0.122 e. The molecule has 2 aromatic carbocycles. The number of halogens is 2. The number of ether oxygens (including phenoxy) is 1. The summed E-state index contributed by atoms with van der Waals surface area (Å²) in [5.74, 6) is 1.64. The van der Waals surface area contributed by atoms with E-state index in [-0.39, 0.29) is 5.92 Å². The van der Waals surface area contributed by atoms with Crippen LogP contribution in [0, 0.1) is 0 Å². The van der Waals surface area contributed by atoms with Crippen LogP contribution in [0.5, 0.6) is 5.75 Å². The van der Waals surface area contributed by atoms with Crippen LogP contribution in [0.15, 0.2) is 48.5 Å². The highest BCUT2D eigenvalue weighted by molar-refractivity contribution is 7.80. The Morgan fingerprint density at radius 3 is 2.21 bits per heavy atom. The van der Waals surface area contributed by atoms with Crippen molar-refractivity contribution in [2.75, 3.05) is 12.4 Å². The van der Waals surface area contributed by atoms with E-state index in [9.17, 15) is 0 Å². The van der Waals surface area contributed by atoms with Crippen molar-refractivity contribution in [3.63, 3.8) is 0 Å². The first-order chi connectivity index (χ1) is 9.19. The Kier molecular flexibility index (Phi) is 5.44. The van der Waals surface area contributed by atoms with E-state index in [4.69, 9.17) is 27.9 Å². The number of hydrogen-bond acceptors (Lipinski definition) is 2. The lowest BCUT2D eigenvalue weighted by molar-refractivity contribution is 0.298. The second-order valence-electron chi connectivity index (χ2n) is 4.21. The third-order valence-electron chi connectivity index (χ3n) is 2.78. The molecule has 1 unspecified atom stereocenters. The summed E-state index contributed by atoms with van der Waals surface area (Å²) in [7, 11) is 0. The van der Waals surface area contributed by atoms with Gasteiger partial charge in [0.25, 0.3) is 0 Å². The second-order valence-corrected chi connectivity index (χ2v) is 5.44. The van der Waals surface area contributed by atoms with Gasteiger partial charge in [-0.25, -0.2) is 0 Å². The zero-order valence-corrected chi connectivity index (χ0v) is 12.6. The normalized spacial score (nSPS) is 12.2. The minimum atomic E-state index is 0.238. The van der Waals surface area contributed by atoms with Crippen LogP contribution in [0.2, 0.25) is 10.0 Å². The van der Waals surface area contributed by atoms with Gasteiger partial charge in [-0.2, -0.15) is 12.6 Å². The lowest BCUT2D eigenvalue weighted by atomic mass is 10.0. The molecule has 2 rings (SSSR count). The van der Waals surface area contributed by atoms with Crippen molar-refractivity contribution in [1.29, 1.82) is 0 Å². The molecule has 1 nitrogen and oxygen atoms in total. The predicted molar refractivity (Wildman–Crippen MR) is 85.0 cm³/mol. The average Bonchev–Trinajstić information content (AvgIpc) is 2.39. The molecule has 1 atom stereocenters. The van der Waals surface area contributed by atoms with Gasteiger partial charge in [-0.1, -0.05) is 53.5 Å². The number of thiol groups is 1. The monoisotopic (exact) mass is 312 g/mol. The first kappa shape index (κ1) is 14.6. The third-order valence-corrected chi connectivity index (χ3v) is 3.66. The largest absolute Gasteiger partial charge is 0.493 e. The van der Waals surface area contributed by atoms with Crippen LogP contribution < -0.4 is 4.74 Å². The number of rotatable bonds is 5. The molecule has 2 aromatic rings. The topological polar surface area (TPSA) is 9.23 Å². The highest BCUT2D eigenvalue weighted by Crippen LogP contribution is 2.26.